The van der Waals surface area contributed by atoms with E-state index in [1.807, 2.05) is 89.2 Å². The fraction of sp³-hybridized carbons (Fsp3) is 0.538. The monoisotopic (exact) mass is 1570 g/mol. The molecule has 4 aromatic rings. The molecule has 2 aliphatic carbocycles. The minimum absolute atomic E-state index is 0.114. The van der Waals surface area contributed by atoms with Crippen LogP contribution < -0.4 is 37.6 Å². The first-order valence-corrected chi connectivity index (χ1v) is 38.4. The number of nitrogens with zero attached hydrogens (tertiary/aromatic N) is 11. The van der Waals surface area contributed by atoms with Crippen LogP contribution in [0.3, 0.4) is 0 Å². The number of aliphatic carboxylic acids is 1. The number of likely N-dealkylation sites (tertiary alicyclic amines) is 3. The standard InChI is InChI=1S/C22H27N5O3.C17H26N4O4.C12H18N4O2.C10H20N2O2.C10H11NO2.C7H7ClN2O2/c1-2-30-21(29)16-13-24-22(25-14-16)26-17-7-9-27(10-8-17)20(28)11-15-12-23-19-6-4-3-5-18(15)19;1-5-24-14(22)12-10-18-15(19-11-12)20-13-6-8-21(9-7-13)16(23)25-17(2,3)4;1-2-18-11(17)9-7-14-12(15-8-9)16-10-3-5-13-6-4-10;1-10(2,3)14-9(13)12-6-4-8(11)5-7-12;12-10(13)5-7-6-11-9-4-2-1-3-8(7)9;1-2-12-6(11)5-3-9-7(8)10-4-5/h3-6,12-14,17-19,23H,2,7-11H2,1H3,(H,24,25,26);10-11,13H,5-9H2,1-4H3,(H,18,19,20);7-8,10,13H,2-6H2,1H3,(H,14,15,16);8H,4-7,11H2,1-3H3;1-4,6,8-9,11H,5H2,(H,12,13);3-4H,2H2,1H3. The van der Waals surface area contributed by atoms with Gasteiger partial charge in [-0.2, -0.15) is 0 Å². The summed E-state index contributed by atoms with van der Waals surface area (Å²) in [6.45, 7) is 25.6. The summed E-state index contributed by atoms with van der Waals surface area (Å²) in [6.07, 6.45) is 38.9. The van der Waals surface area contributed by atoms with Crippen LogP contribution in [0.5, 0.6) is 0 Å². The van der Waals surface area contributed by atoms with Crippen LogP contribution in [0.25, 0.3) is 0 Å². The summed E-state index contributed by atoms with van der Waals surface area (Å²) < 4.78 is 30.1. The van der Waals surface area contributed by atoms with Crippen molar-refractivity contribution in [3.63, 3.8) is 0 Å². The number of carbonyl (C=O) groups excluding carboxylic acids is 7. The Morgan fingerprint density at radius 2 is 0.777 bits per heavy atom. The van der Waals surface area contributed by atoms with Crippen LogP contribution in [0, 0.1) is 11.8 Å². The van der Waals surface area contributed by atoms with Gasteiger partial charge >= 0.3 is 42.0 Å². The zero-order valence-electron chi connectivity index (χ0n) is 65.6. The normalized spacial score (nSPS) is 19.1. The van der Waals surface area contributed by atoms with Crippen LogP contribution in [0.1, 0.15) is 175 Å². The molecular formula is C78H109ClN18O15. The molecule has 10 heterocycles. The van der Waals surface area contributed by atoms with E-state index >= 15 is 0 Å². The van der Waals surface area contributed by atoms with Crippen molar-refractivity contribution < 1.29 is 71.9 Å². The van der Waals surface area contributed by atoms with E-state index in [9.17, 15) is 38.4 Å². The summed E-state index contributed by atoms with van der Waals surface area (Å²) in [5.74, 6) is -0.225. The Morgan fingerprint density at radius 1 is 0.464 bits per heavy atom. The molecule has 3 amide bonds. The minimum atomic E-state index is -0.767. The van der Waals surface area contributed by atoms with Gasteiger partial charge in [0.2, 0.25) is 29.0 Å². The summed E-state index contributed by atoms with van der Waals surface area (Å²) in [5.41, 5.74) is 8.32. The predicted octanol–water partition coefficient (Wildman–Crippen LogP) is 9.04. The summed E-state index contributed by atoms with van der Waals surface area (Å²) in [6, 6.07) is 1.56. The number of fused-ring (bicyclic) bond motifs is 2. The van der Waals surface area contributed by atoms with E-state index in [-0.39, 0.29) is 77.8 Å². The van der Waals surface area contributed by atoms with Crippen LogP contribution >= 0.6 is 11.6 Å². The molecule has 9 N–H and O–H groups in total. The second kappa shape index (κ2) is 45.0. The molecule has 33 nitrogen and oxygen atoms in total. The van der Waals surface area contributed by atoms with Gasteiger partial charge in [0.25, 0.3) is 0 Å². The van der Waals surface area contributed by atoms with Gasteiger partial charge in [0.05, 0.1) is 73.6 Å². The van der Waals surface area contributed by atoms with Crippen LogP contribution in [-0.2, 0) is 38.0 Å². The first-order chi connectivity index (χ1) is 53.6. The van der Waals surface area contributed by atoms with Crippen molar-refractivity contribution in [2.45, 2.75) is 181 Å². The fourth-order valence-corrected chi connectivity index (χ4v) is 12.3. The molecule has 4 atom stereocenters. The van der Waals surface area contributed by atoms with E-state index in [1.54, 1.807) is 37.5 Å². The average Bonchev–Trinajstić information content (AvgIpc) is 1.68. The quantitative estimate of drug-likeness (QED) is 0.0261. The third-order valence-corrected chi connectivity index (χ3v) is 18.1. The molecule has 6 aliphatic heterocycles. The van der Waals surface area contributed by atoms with Gasteiger partial charge in [0.15, 0.2) is 0 Å². The molecule has 112 heavy (non-hydrogen) atoms. The Bertz CT molecular complexity index is 3880. The first kappa shape index (κ1) is 88.5. The molecule has 12 rings (SSSR count). The van der Waals surface area contributed by atoms with Crippen molar-refractivity contribution in [1.29, 1.82) is 0 Å². The van der Waals surface area contributed by atoms with E-state index < -0.39 is 35.1 Å². The van der Waals surface area contributed by atoms with E-state index in [4.69, 9.17) is 50.9 Å². The predicted molar refractivity (Wildman–Crippen MR) is 420 cm³/mol. The number of allylic oxidation sites excluding steroid dienone is 4. The number of esters is 4. The average molecular weight is 1570 g/mol. The molecular weight excluding hydrogens is 1460 g/mol. The lowest BCUT2D eigenvalue weighted by Gasteiger charge is -2.33. The molecule has 0 spiro atoms. The fourth-order valence-electron chi connectivity index (χ4n) is 12.2. The lowest BCUT2D eigenvalue weighted by molar-refractivity contribution is -0.136. The molecule has 4 unspecified atom stereocenters. The zero-order chi connectivity index (χ0) is 81.2. The molecule has 608 valence electrons. The largest absolute Gasteiger partial charge is 0.481 e. The molecule has 0 radical (unpaired) electrons. The molecule has 0 bridgehead atoms. The smallest absolute Gasteiger partial charge is 0.410 e. The number of anilines is 3. The number of aromatic nitrogens is 8. The number of hydrogen-bond acceptors (Lipinski definition) is 29. The Balaban J connectivity index is 0.000000193. The van der Waals surface area contributed by atoms with Crippen molar-refractivity contribution in [2.24, 2.45) is 17.6 Å². The number of hydrogen-bond donors (Lipinski definition) is 8. The van der Waals surface area contributed by atoms with Crippen molar-refractivity contribution >= 4 is 77.4 Å². The zero-order valence-corrected chi connectivity index (χ0v) is 66.4. The molecule has 4 aromatic heterocycles. The number of carbonyl (C=O) groups is 8. The van der Waals surface area contributed by atoms with Gasteiger partial charge in [-0.05, 0) is 169 Å². The Morgan fingerprint density at radius 3 is 1.12 bits per heavy atom. The number of nitrogens with one attached hydrogen (secondary N) is 6. The van der Waals surface area contributed by atoms with Gasteiger partial charge in [-0.1, -0.05) is 48.6 Å². The number of piperidine rings is 4. The number of rotatable bonds is 18. The number of nitrogens with two attached hydrogens (primary N) is 1. The highest BCUT2D eigenvalue weighted by atomic mass is 35.5. The van der Waals surface area contributed by atoms with Crippen LogP contribution in [0.4, 0.5) is 27.4 Å². The molecule has 8 aliphatic rings. The molecule has 0 aromatic carbocycles. The number of ether oxygens (including phenoxy) is 6. The highest BCUT2D eigenvalue weighted by Crippen LogP contribution is 2.31. The Labute approximate surface area is 659 Å². The van der Waals surface area contributed by atoms with Crippen LogP contribution in [0.15, 0.2) is 122 Å². The Hall–Kier alpha value is -10.7. The highest BCUT2D eigenvalue weighted by Gasteiger charge is 2.33. The number of halogens is 1. The van der Waals surface area contributed by atoms with Crippen molar-refractivity contribution in [1.82, 2.24) is 70.5 Å². The van der Waals surface area contributed by atoms with Crippen molar-refractivity contribution in [3.05, 3.63) is 149 Å². The Kier molecular flexibility index (Phi) is 35.6. The SMILES string of the molecule is CC(C)(C)OC(=O)N1CCC(N)CC1.CCOC(=O)c1cnc(Cl)nc1.CCOC(=O)c1cnc(NC2CCN(C(=O)CC3=CNC4C=CC=CC34)CC2)nc1.CCOC(=O)c1cnc(NC2CCN(C(=O)OC(C)(C)C)CC2)nc1.CCOC(=O)c1cnc(NC2CCNCC2)nc1.O=C(O)CC1=CNC2C=CC=CC12. The van der Waals surface area contributed by atoms with Crippen molar-refractivity contribution in [3.8, 4) is 0 Å². The molecule has 4 fully saturated rings. The lowest BCUT2D eigenvalue weighted by atomic mass is 9.89. The number of amides is 3. The highest BCUT2D eigenvalue weighted by molar-refractivity contribution is 6.28. The second-order valence-corrected chi connectivity index (χ2v) is 29.2. The van der Waals surface area contributed by atoms with Gasteiger partial charge in [-0.3, -0.25) is 9.59 Å². The van der Waals surface area contributed by atoms with Gasteiger partial charge < -0.3 is 85.9 Å². The summed E-state index contributed by atoms with van der Waals surface area (Å²) in [4.78, 5) is 130. The minimum Gasteiger partial charge on any atom is -0.481 e. The van der Waals surface area contributed by atoms with Gasteiger partial charge in [-0.25, -0.2) is 68.6 Å². The summed E-state index contributed by atoms with van der Waals surface area (Å²) >= 11 is 5.42. The van der Waals surface area contributed by atoms with E-state index in [0.29, 0.717) is 105 Å². The third kappa shape index (κ3) is 30.5. The molecule has 4 saturated heterocycles. The van der Waals surface area contributed by atoms with Crippen LogP contribution in [0.2, 0.25) is 5.28 Å². The molecule has 0 saturated carbocycles. The summed E-state index contributed by atoms with van der Waals surface area (Å²) in [5, 5.41) is 28.4. The van der Waals surface area contributed by atoms with E-state index in [2.05, 4.69) is 90.0 Å². The third-order valence-electron chi connectivity index (χ3n) is 17.9. The maximum Gasteiger partial charge on any atom is 0.410 e. The number of carboxylic acid groups (broad SMARTS) is 1. The van der Waals surface area contributed by atoms with Crippen molar-refractivity contribution in [2.75, 3.05) is 94.7 Å². The van der Waals surface area contributed by atoms with Gasteiger partial charge in [0, 0.05) is 125 Å². The maximum absolute atomic E-state index is 12.8. The van der Waals surface area contributed by atoms with Gasteiger partial charge in [0.1, 0.15) is 11.2 Å². The topological polar surface area (TPSA) is 423 Å². The maximum atomic E-state index is 12.8. The number of carboxylic acids is 1. The van der Waals surface area contributed by atoms with Crippen LogP contribution in [-0.4, -0.2) is 234 Å². The lowest BCUT2D eigenvalue weighted by Crippen LogP contribution is -2.44. The van der Waals surface area contributed by atoms with E-state index in [1.165, 1.54) is 49.6 Å². The summed E-state index contributed by atoms with van der Waals surface area (Å²) in [7, 11) is 0. The van der Waals surface area contributed by atoms with E-state index in [0.717, 1.165) is 88.7 Å². The molecule has 34 heteroatoms. The first-order valence-electron chi connectivity index (χ1n) is 38.0. The second-order valence-electron chi connectivity index (χ2n) is 28.8. The van der Waals surface area contributed by atoms with Gasteiger partial charge in [-0.15, -0.1) is 0 Å².